The first kappa shape index (κ1) is 20.2. The molecule has 0 spiro atoms. The molecule has 3 heterocycles. The first-order chi connectivity index (χ1) is 14.3. The van der Waals surface area contributed by atoms with Gasteiger partial charge in [0, 0.05) is 31.9 Å². The molecule has 4 rings (SSSR count). The summed E-state index contributed by atoms with van der Waals surface area (Å²) < 4.78 is 34.1. The molecule has 1 aromatic carbocycles. The predicted molar refractivity (Wildman–Crippen MR) is 108 cm³/mol. The highest BCUT2D eigenvalue weighted by atomic mass is 32.2. The van der Waals surface area contributed by atoms with Gasteiger partial charge in [-0.05, 0) is 49.1 Å². The van der Waals surface area contributed by atoms with Crippen LogP contribution in [0.1, 0.15) is 30.1 Å². The number of piperidine rings is 1. The molecule has 0 radical (unpaired) electrons. The molecule has 0 atom stereocenters. The summed E-state index contributed by atoms with van der Waals surface area (Å²) in [7, 11) is -1.83. The number of aromatic nitrogens is 4. The summed E-state index contributed by atoms with van der Waals surface area (Å²) in [6, 6.07) is 7.46. The lowest BCUT2D eigenvalue weighted by molar-refractivity contribution is 0.102. The van der Waals surface area contributed by atoms with E-state index in [1.54, 1.807) is 24.0 Å². The Morgan fingerprint density at radius 3 is 2.47 bits per heavy atom. The van der Waals surface area contributed by atoms with Crippen LogP contribution in [0.25, 0.3) is 11.6 Å². The first-order valence-corrected chi connectivity index (χ1v) is 11.0. The molecule has 1 fully saturated rings. The van der Waals surface area contributed by atoms with E-state index in [4.69, 9.17) is 4.42 Å². The summed E-state index contributed by atoms with van der Waals surface area (Å²) in [5.74, 6) is 0.277. The Kier molecular flexibility index (Phi) is 5.39. The van der Waals surface area contributed by atoms with Crippen LogP contribution < -0.4 is 5.32 Å². The number of nitrogens with one attached hydrogen (secondary N) is 1. The number of carbonyl (C=O) groups is 1. The van der Waals surface area contributed by atoms with Crippen LogP contribution in [0.2, 0.25) is 0 Å². The smallest absolute Gasteiger partial charge is 0.322 e. The number of nitrogens with zero attached hydrogens (tertiary/aromatic N) is 5. The standard InChI is InChI=1S/C19H22N6O4S/c1-13-8-11-25(12-9-13)30(27,28)15-5-3-14(4-6-15)17(26)21-19-23-22-18(29-19)16-7-10-20-24(16)2/h3-7,10,13H,8-9,11-12H2,1-2H3,(H,21,23,26). The van der Waals surface area contributed by atoms with Gasteiger partial charge in [-0.25, -0.2) is 8.42 Å². The minimum atomic E-state index is -3.56. The van der Waals surface area contributed by atoms with Crippen molar-refractivity contribution in [1.82, 2.24) is 24.3 Å². The largest absolute Gasteiger partial charge is 0.401 e. The number of hydrogen-bond acceptors (Lipinski definition) is 7. The maximum Gasteiger partial charge on any atom is 0.322 e. The second-order valence-corrected chi connectivity index (χ2v) is 9.26. The Bertz CT molecular complexity index is 1140. The first-order valence-electron chi connectivity index (χ1n) is 9.58. The number of rotatable bonds is 5. The highest BCUT2D eigenvalue weighted by Gasteiger charge is 2.28. The number of aryl methyl sites for hydroxylation is 1. The number of anilines is 1. The van der Waals surface area contributed by atoms with Gasteiger partial charge in [-0.2, -0.15) is 9.40 Å². The van der Waals surface area contributed by atoms with Crippen molar-refractivity contribution in [2.75, 3.05) is 18.4 Å². The Morgan fingerprint density at radius 1 is 1.13 bits per heavy atom. The van der Waals surface area contributed by atoms with Gasteiger partial charge in [0.25, 0.3) is 11.8 Å². The summed E-state index contributed by atoms with van der Waals surface area (Å²) >= 11 is 0. The minimum absolute atomic E-state index is 0.0599. The molecule has 0 unspecified atom stereocenters. The maximum absolute atomic E-state index is 12.8. The van der Waals surface area contributed by atoms with E-state index < -0.39 is 15.9 Å². The zero-order valence-corrected chi connectivity index (χ0v) is 17.5. The molecule has 2 aromatic heterocycles. The molecular weight excluding hydrogens is 408 g/mol. The van der Waals surface area contributed by atoms with E-state index in [0.717, 1.165) is 12.8 Å². The number of benzene rings is 1. The van der Waals surface area contributed by atoms with Crippen LogP contribution in [0.15, 0.2) is 45.8 Å². The van der Waals surface area contributed by atoms with Crippen LogP contribution in [-0.2, 0) is 17.1 Å². The summed E-state index contributed by atoms with van der Waals surface area (Å²) in [4.78, 5) is 12.6. The molecule has 1 amide bonds. The molecule has 0 aliphatic carbocycles. The Balaban J connectivity index is 1.45. The number of carbonyl (C=O) groups excluding carboxylic acids is 1. The monoisotopic (exact) mass is 430 g/mol. The van der Waals surface area contributed by atoms with Gasteiger partial charge in [-0.1, -0.05) is 12.0 Å². The molecular formula is C19H22N6O4S. The lowest BCUT2D eigenvalue weighted by Gasteiger charge is -2.29. The van der Waals surface area contributed by atoms with Gasteiger partial charge in [-0.15, -0.1) is 5.10 Å². The molecule has 158 valence electrons. The third-order valence-corrected chi connectivity index (χ3v) is 7.10. The second kappa shape index (κ2) is 8.00. The fraction of sp³-hybridized carbons (Fsp3) is 0.368. The molecule has 10 nitrogen and oxygen atoms in total. The van der Waals surface area contributed by atoms with Gasteiger partial charge < -0.3 is 4.42 Å². The Labute approximate surface area is 174 Å². The van der Waals surface area contributed by atoms with Crippen LogP contribution in [-0.4, -0.2) is 51.7 Å². The van der Waals surface area contributed by atoms with E-state index in [0.29, 0.717) is 24.7 Å². The highest BCUT2D eigenvalue weighted by Crippen LogP contribution is 2.24. The molecule has 1 N–H and O–H groups in total. The number of hydrogen-bond donors (Lipinski definition) is 1. The van der Waals surface area contributed by atoms with Crippen LogP contribution in [0, 0.1) is 5.92 Å². The fourth-order valence-electron chi connectivity index (χ4n) is 3.28. The van der Waals surface area contributed by atoms with E-state index in [1.807, 2.05) is 0 Å². The van der Waals surface area contributed by atoms with E-state index in [2.05, 4.69) is 27.5 Å². The van der Waals surface area contributed by atoms with E-state index in [1.165, 1.54) is 28.6 Å². The predicted octanol–water partition coefficient (Wildman–Crippen LogP) is 2.14. The second-order valence-electron chi connectivity index (χ2n) is 7.32. The van der Waals surface area contributed by atoms with E-state index >= 15 is 0 Å². The third-order valence-electron chi connectivity index (χ3n) is 5.18. The minimum Gasteiger partial charge on any atom is -0.401 e. The lowest BCUT2D eigenvalue weighted by atomic mass is 10.0. The highest BCUT2D eigenvalue weighted by molar-refractivity contribution is 7.89. The molecule has 0 saturated carbocycles. The number of amides is 1. The zero-order chi connectivity index (χ0) is 21.3. The topological polar surface area (TPSA) is 123 Å². The Hall–Kier alpha value is -3.05. The van der Waals surface area contributed by atoms with Gasteiger partial charge in [0.15, 0.2) is 0 Å². The van der Waals surface area contributed by atoms with Gasteiger partial charge in [0.2, 0.25) is 10.0 Å². The third kappa shape index (κ3) is 3.98. The normalized spacial score (nSPS) is 15.9. The van der Waals surface area contributed by atoms with Crippen molar-refractivity contribution in [2.45, 2.75) is 24.7 Å². The molecule has 30 heavy (non-hydrogen) atoms. The van der Waals surface area contributed by atoms with Gasteiger partial charge in [0.05, 0.1) is 4.90 Å². The summed E-state index contributed by atoms with van der Waals surface area (Å²) in [6.45, 7) is 3.16. The quantitative estimate of drug-likeness (QED) is 0.658. The van der Waals surface area contributed by atoms with Crippen molar-refractivity contribution in [1.29, 1.82) is 0 Å². The zero-order valence-electron chi connectivity index (χ0n) is 16.6. The van der Waals surface area contributed by atoms with Crippen molar-refractivity contribution in [2.24, 2.45) is 13.0 Å². The molecule has 1 saturated heterocycles. The van der Waals surface area contributed by atoms with Crippen LogP contribution in [0.4, 0.5) is 6.01 Å². The average Bonchev–Trinajstić information content (AvgIpc) is 3.37. The van der Waals surface area contributed by atoms with Crippen LogP contribution >= 0.6 is 0 Å². The van der Waals surface area contributed by atoms with Crippen molar-refractivity contribution < 1.29 is 17.6 Å². The van der Waals surface area contributed by atoms with Gasteiger partial charge in [-0.3, -0.25) is 14.8 Å². The van der Waals surface area contributed by atoms with Crippen molar-refractivity contribution in [3.05, 3.63) is 42.1 Å². The van der Waals surface area contributed by atoms with Crippen molar-refractivity contribution >= 4 is 21.9 Å². The van der Waals surface area contributed by atoms with Gasteiger partial charge in [0.1, 0.15) is 5.69 Å². The average molecular weight is 430 g/mol. The summed E-state index contributed by atoms with van der Waals surface area (Å²) in [6.07, 6.45) is 3.30. The molecule has 3 aromatic rings. The fourth-order valence-corrected chi connectivity index (χ4v) is 4.75. The lowest BCUT2D eigenvalue weighted by Crippen LogP contribution is -2.37. The summed E-state index contributed by atoms with van der Waals surface area (Å²) in [5, 5.41) is 14.2. The maximum atomic E-state index is 12.8. The van der Waals surface area contributed by atoms with Crippen molar-refractivity contribution in [3.63, 3.8) is 0 Å². The summed E-state index contributed by atoms with van der Waals surface area (Å²) in [5.41, 5.74) is 0.895. The molecule has 0 bridgehead atoms. The van der Waals surface area contributed by atoms with E-state index in [9.17, 15) is 13.2 Å². The molecule has 1 aliphatic rings. The van der Waals surface area contributed by atoms with E-state index in [-0.39, 0.29) is 22.4 Å². The number of sulfonamides is 1. The van der Waals surface area contributed by atoms with Crippen LogP contribution in [0.3, 0.4) is 0 Å². The van der Waals surface area contributed by atoms with Crippen molar-refractivity contribution in [3.8, 4) is 11.6 Å². The SMILES string of the molecule is CC1CCN(S(=O)(=O)c2ccc(C(=O)Nc3nnc(-c4ccnn4C)o3)cc2)CC1. The molecule has 1 aliphatic heterocycles. The Morgan fingerprint density at radius 2 is 1.83 bits per heavy atom. The molecule has 11 heteroatoms. The van der Waals surface area contributed by atoms with Gasteiger partial charge >= 0.3 is 6.01 Å². The van der Waals surface area contributed by atoms with Crippen LogP contribution in [0.5, 0.6) is 0 Å².